The Kier molecular flexibility index (Phi) is 9.10. The number of carbonyl (C=O) groups excluding carboxylic acids is 1. The maximum absolute atomic E-state index is 13.9. The van der Waals surface area contributed by atoms with Crippen molar-refractivity contribution in [2.24, 2.45) is 0 Å². The molecule has 1 N–H and O–H groups in total. The number of nitrogens with one attached hydrogen (secondary N) is 1. The van der Waals surface area contributed by atoms with Gasteiger partial charge in [0.15, 0.2) is 11.5 Å². The van der Waals surface area contributed by atoms with Crippen LogP contribution in [0.4, 0.5) is 10.1 Å². The summed E-state index contributed by atoms with van der Waals surface area (Å²) in [6, 6.07) is 16.2. The van der Waals surface area contributed by atoms with Crippen molar-refractivity contribution < 1.29 is 18.7 Å². The Morgan fingerprint density at radius 2 is 1.69 bits per heavy atom. The third-order valence-electron chi connectivity index (χ3n) is 5.63. The van der Waals surface area contributed by atoms with Gasteiger partial charge in [0, 0.05) is 17.3 Å². The van der Waals surface area contributed by atoms with Crippen LogP contribution in [0.3, 0.4) is 0 Å². The number of halogens is 2. The molecule has 3 rings (SSSR count). The normalized spacial score (nSPS) is 11.3. The Morgan fingerprint density at radius 3 is 2.29 bits per heavy atom. The minimum Gasteiger partial charge on any atom is -0.493 e. The summed E-state index contributed by atoms with van der Waals surface area (Å²) in [6.45, 7) is 8.52. The predicted molar refractivity (Wildman–Crippen MR) is 144 cm³/mol. The summed E-state index contributed by atoms with van der Waals surface area (Å²) in [6.07, 6.45) is 3.22. The Hall–Kier alpha value is -3.12. The quantitative estimate of drug-likeness (QED) is 0.279. The lowest BCUT2D eigenvalue weighted by atomic mass is 9.92. The Balaban J connectivity index is 1.79. The summed E-state index contributed by atoms with van der Waals surface area (Å²) in [4.78, 5) is 12.8. The summed E-state index contributed by atoms with van der Waals surface area (Å²) in [5.41, 5.74) is 4.30. The average Bonchev–Trinajstić information content (AvgIpc) is 2.82. The number of rotatable bonds is 9. The molecule has 0 saturated heterocycles. The fourth-order valence-electron chi connectivity index (χ4n) is 3.77. The van der Waals surface area contributed by atoms with Gasteiger partial charge in [-0.3, -0.25) is 4.79 Å². The van der Waals surface area contributed by atoms with Crippen LogP contribution in [0.15, 0.2) is 65.1 Å². The lowest BCUT2D eigenvalue weighted by Gasteiger charge is -2.19. The third kappa shape index (κ3) is 6.73. The van der Waals surface area contributed by atoms with Crippen LogP contribution in [0.25, 0.3) is 6.08 Å². The van der Waals surface area contributed by atoms with Crippen LogP contribution in [-0.2, 0) is 11.4 Å². The van der Waals surface area contributed by atoms with Gasteiger partial charge in [-0.05, 0) is 68.7 Å². The average molecular weight is 540 g/mol. The highest BCUT2D eigenvalue weighted by molar-refractivity contribution is 9.10. The van der Waals surface area contributed by atoms with E-state index in [2.05, 4.69) is 61.1 Å². The molecule has 0 heterocycles. The van der Waals surface area contributed by atoms with Crippen molar-refractivity contribution in [1.82, 2.24) is 0 Å². The van der Waals surface area contributed by atoms with E-state index in [0.717, 1.165) is 22.4 Å². The van der Waals surface area contributed by atoms with Gasteiger partial charge in [-0.25, -0.2) is 4.39 Å². The lowest BCUT2D eigenvalue weighted by molar-refractivity contribution is -0.111. The van der Waals surface area contributed by atoms with Crippen molar-refractivity contribution in [3.05, 3.63) is 93.2 Å². The van der Waals surface area contributed by atoms with Gasteiger partial charge < -0.3 is 14.8 Å². The zero-order valence-electron chi connectivity index (χ0n) is 20.7. The number of carbonyl (C=O) groups is 1. The zero-order valence-corrected chi connectivity index (χ0v) is 22.3. The predicted octanol–water partition coefficient (Wildman–Crippen LogP) is 8.07. The molecule has 35 heavy (non-hydrogen) atoms. The minimum absolute atomic E-state index is 0.0622. The highest BCUT2D eigenvalue weighted by Gasteiger charge is 2.16. The van der Waals surface area contributed by atoms with E-state index in [9.17, 15) is 9.18 Å². The van der Waals surface area contributed by atoms with Crippen molar-refractivity contribution in [1.29, 1.82) is 0 Å². The fraction of sp³-hybridized carbons (Fsp3) is 0.276. The fourth-order valence-corrected chi connectivity index (χ4v) is 4.35. The Morgan fingerprint density at radius 1 is 1.03 bits per heavy atom. The van der Waals surface area contributed by atoms with Gasteiger partial charge in [0.2, 0.25) is 5.91 Å². The maximum Gasteiger partial charge on any atom is 0.248 e. The second-order valence-corrected chi connectivity index (χ2v) is 9.71. The van der Waals surface area contributed by atoms with Gasteiger partial charge >= 0.3 is 0 Å². The van der Waals surface area contributed by atoms with Gasteiger partial charge in [0.1, 0.15) is 12.4 Å². The van der Waals surface area contributed by atoms with E-state index >= 15 is 0 Å². The van der Waals surface area contributed by atoms with E-state index in [1.807, 2.05) is 12.1 Å². The van der Waals surface area contributed by atoms with E-state index in [1.54, 1.807) is 30.3 Å². The highest BCUT2D eigenvalue weighted by atomic mass is 79.9. The SMILES string of the molecule is COc1cc(/C=C/C(=O)Nc2c(C(C)C)cccc2C(C)C)cc(Br)c1OCc1ccccc1F. The molecule has 0 atom stereocenters. The summed E-state index contributed by atoms with van der Waals surface area (Å²) in [7, 11) is 1.54. The van der Waals surface area contributed by atoms with Crippen molar-refractivity contribution in [2.75, 3.05) is 12.4 Å². The first kappa shape index (κ1) is 26.5. The molecule has 0 aliphatic rings. The van der Waals surface area contributed by atoms with Crippen LogP contribution in [0.2, 0.25) is 0 Å². The van der Waals surface area contributed by atoms with E-state index in [1.165, 1.54) is 19.3 Å². The molecule has 0 radical (unpaired) electrons. The van der Waals surface area contributed by atoms with Gasteiger partial charge in [-0.2, -0.15) is 0 Å². The molecule has 0 aliphatic heterocycles. The molecule has 0 aromatic heterocycles. The summed E-state index contributed by atoms with van der Waals surface area (Å²) in [5.74, 6) is 0.964. The van der Waals surface area contributed by atoms with Gasteiger partial charge in [-0.15, -0.1) is 0 Å². The van der Waals surface area contributed by atoms with Crippen molar-refractivity contribution in [3.63, 3.8) is 0 Å². The molecule has 0 unspecified atom stereocenters. The largest absolute Gasteiger partial charge is 0.493 e. The van der Waals surface area contributed by atoms with E-state index in [0.29, 0.717) is 21.5 Å². The maximum atomic E-state index is 13.9. The zero-order chi connectivity index (χ0) is 25.5. The molecule has 0 saturated carbocycles. The third-order valence-corrected chi connectivity index (χ3v) is 6.22. The summed E-state index contributed by atoms with van der Waals surface area (Å²) in [5, 5.41) is 3.08. The number of benzene rings is 3. The number of ether oxygens (including phenoxy) is 2. The number of anilines is 1. The van der Waals surface area contributed by atoms with Crippen molar-refractivity contribution in [2.45, 2.75) is 46.1 Å². The highest BCUT2D eigenvalue weighted by Crippen LogP contribution is 2.38. The number of para-hydroxylation sites is 1. The van der Waals surface area contributed by atoms with Crippen LogP contribution in [0.5, 0.6) is 11.5 Å². The van der Waals surface area contributed by atoms with Crippen molar-refractivity contribution >= 4 is 33.6 Å². The lowest BCUT2D eigenvalue weighted by Crippen LogP contribution is -2.13. The topological polar surface area (TPSA) is 47.6 Å². The van der Waals surface area contributed by atoms with E-state index < -0.39 is 0 Å². The van der Waals surface area contributed by atoms with Gasteiger partial charge in [-0.1, -0.05) is 64.1 Å². The Bertz CT molecular complexity index is 1190. The molecule has 0 fully saturated rings. The first-order valence-corrected chi connectivity index (χ1v) is 12.4. The second kappa shape index (κ2) is 12.0. The van der Waals surface area contributed by atoms with Crippen LogP contribution in [0.1, 0.15) is 61.8 Å². The number of methoxy groups -OCH3 is 1. The van der Waals surface area contributed by atoms with E-state index in [4.69, 9.17) is 9.47 Å². The minimum atomic E-state index is -0.326. The van der Waals surface area contributed by atoms with Crippen molar-refractivity contribution in [3.8, 4) is 11.5 Å². The first-order chi connectivity index (χ1) is 16.7. The number of hydrogen-bond donors (Lipinski definition) is 1. The molecule has 184 valence electrons. The first-order valence-electron chi connectivity index (χ1n) is 11.6. The van der Waals surface area contributed by atoms with Crippen LogP contribution in [-0.4, -0.2) is 13.0 Å². The molecular formula is C29H31BrFNO3. The molecule has 6 heteroatoms. The van der Waals surface area contributed by atoms with E-state index in [-0.39, 0.29) is 30.2 Å². The molecule has 3 aromatic rings. The molecule has 4 nitrogen and oxygen atoms in total. The molecule has 0 spiro atoms. The summed E-state index contributed by atoms with van der Waals surface area (Å²) >= 11 is 3.51. The standard InChI is InChI=1S/C29H31BrFNO3/c1-18(2)22-10-8-11-23(19(3)4)28(22)32-27(33)14-13-20-15-24(30)29(26(16-20)34-5)35-17-21-9-6-7-12-25(21)31/h6-16,18-19H,17H2,1-5H3,(H,32,33)/b14-13+. The molecule has 0 aliphatic carbocycles. The number of hydrogen-bond acceptors (Lipinski definition) is 3. The Labute approximate surface area is 215 Å². The molecule has 1 amide bonds. The second-order valence-electron chi connectivity index (χ2n) is 8.86. The van der Waals surface area contributed by atoms with Crippen LogP contribution in [0, 0.1) is 5.82 Å². The molecule has 0 bridgehead atoms. The van der Waals surface area contributed by atoms with Gasteiger partial charge in [0.05, 0.1) is 11.6 Å². The molecule has 3 aromatic carbocycles. The van der Waals surface area contributed by atoms with Gasteiger partial charge in [0.25, 0.3) is 0 Å². The number of amides is 1. The smallest absolute Gasteiger partial charge is 0.248 e. The summed E-state index contributed by atoms with van der Waals surface area (Å²) < 4.78 is 25.9. The van der Waals surface area contributed by atoms with Crippen LogP contribution < -0.4 is 14.8 Å². The van der Waals surface area contributed by atoms with Crippen LogP contribution >= 0.6 is 15.9 Å². The molecular weight excluding hydrogens is 509 g/mol. The monoisotopic (exact) mass is 539 g/mol.